The maximum atomic E-state index is 5.58. The molecule has 1 heterocycles. The summed E-state index contributed by atoms with van der Waals surface area (Å²) in [7, 11) is 5.05. The van der Waals surface area contributed by atoms with E-state index in [2.05, 4.69) is 66.1 Å². The van der Waals surface area contributed by atoms with Crippen LogP contribution in [0.25, 0.3) is 0 Å². The Hall–Kier alpha value is -3.18. The number of hydrogen-bond acceptors (Lipinski definition) is 5. The number of ether oxygens (including phenoxy) is 3. The Bertz CT molecular complexity index is 1020. The summed E-state index contributed by atoms with van der Waals surface area (Å²) in [4.78, 5) is 0. The zero-order valence-corrected chi connectivity index (χ0v) is 18.6. The molecule has 0 saturated carbocycles. The van der Waals surface area contributed by atoms with Crippen LogP contribution < -0.4 is 24.8 Å². The van der Waals surface area contributed by atoms with Crippen molar-refractivity contribution in [2.75, 3.05) is 33.2 Å². The highest BCUT2D eigenvalue weighted by atomic mass is 16.5. The van der Waals surface area contributed by atoms with Crippen molar-refractivity contribution in [3.8, 4) is 17.2 Å². The molecule has 5 heteroatoms. The fourth-order valence-electron chi connectivity index (χ4n) is 4.15. The predicted octanol–water partition coefficient (Wildman–Crippen LogP) is 4.74. The summed E-state index contributed by atoms with van der Waals surface area (Å²) in [5.74, 6) is 2.37. The van der Waals surface area contributed by atoms with Gasteiger partial charge in [0.2, 0.25) is 0 Å². The maximum absolute atomic E-state index is 5.58. The first-order chi connectivity index (χ1) is 15.1. The quantitative estimate of drug-likeness (QED) is 0.581. The molecule has 0 aliphatic carbocycles. The molecule has 3 aromatic carbocycles. The lowest BCUT2D eigenvalue weighted by atomic mass is 9.86. The summed E-state index contributed by atoms with van der Waals surface area (Å²) < 4.78 is 16.5. The summed E-state index contributed by atoms with van der Waals surface area (Å²) in [6, 6.07) is 21.3. The lowest BCUT2D eigenvalue weighted by Crippen LogP contribution is -2.44. The second kappa shape index (κ2) is 9.31. The highest BCUT2D eigenvalue weighted by Gasteiger charge is 2.29. The minimum atomic E-state index is 0.0549. The number of nitrogens with one attached hydrogen (secondary N) is 2. The number of hydrogen-bond donors (Lipinski definition) is 2. The van der Waals surface area contributed by atoms with E-state index in [9.17, 15) is 0 Å². The average molecular weight is 419 g/mol. The minimum Gasteiger partial charge on any atom is -0.497 e. The van der Waals surface area contributed by atoms with Crippen molar-refractivity contribution in [3.63, 3.8) is 0 Å². The standard InChI is InChI=1S/C26H30N2O3/c1-17-5-9-20(10-6-17)27-16-21-13-19-14-24(30-3)25(31-4)15-23(19)26(28-21)18-7-11-22(29-2)12-8-18/h5-12,14-15,21,26-28H,13,16H2,1-4H3/t21-,26-/m0/s1. The zero-order chi connectivity index (χ0) is 21.8. The molecule has 162 valence electrons. The van der Waals surface area contributed by atoms with Crippen LogP contribution in [0.3, 0.4) is 0 Å². The van der Waals surface area contributed by atoms with Crippen molar-refractivity contribution in [3.05, 3.63) is 82.9 Å². The van der Waals surface area contributed by atoms with Crippen LogP contribution in [-0.4, -0.2) is 33.9 Å². The van der Waals surface area contributed by atoms with Gasteiger partial charge in [-0.3, -0.25) is 0 Å². The van der Waals surface area contributed by atoms with Gasteiger partial charge in [-0.1, -0.05) is 29.8 Å². The summed E-state index contributed by atoms with van der Waals surface area (Å²) in [5, 5.41) is 7.41. The summed E-state index contributed by atoms with van der Waals surface area (Å²) >= 11 is 0. The zero-order valence-electron chi connectivity index (χ0n) is 18.6. The van der Waals surface area contributed by atoms with Gasteiger partial charge in [0.1, 0.15) is 5.75 Å². The molecule has 0 bridgehead atoms. The van der Waals surface area contributed by atoms with Gasteiger partial charge in [-0.25, -0.2) is 0 Å². The third kappa shape index (κ3) is 4.62. The number of aryl methyl sites for hydroxylation is 1. The molecule has 1 aliphatic rings. The monoisotopic (exact) mass is 418 g/mol. The van der Waals surface area contributed by atoms with Gasteiger partial charge in [-0.05, 0) is 66.4 Å². The van der Waals surface area contributed by atoms with Crippen LogP contribution in [0, 0.1) is 6.92 Å². The third-order valence-electron chi connectivity index (χ3n) is 5.88. The van der Waals surface area contributed by atoms with Crippen LogP contribution in [0.15, 0.2) is 60.7 Å². The Morgan fingerprint density at radius 1 is 0.871 bits per heavy atom. The van der Waals surface area contributed by atoms with E-state index in [0.717, 1.165) is 35.9 Å². The largest absolute Gasteiger partial charge is 0.497 e. The Labute approximate surface area is 184 Å². The first-order valence-corrected chi connectivity index (χ1v) is 10.6. The Morgan fingerprint density at radius 2 is 1.55 bits per heavy atom. The molecular weight excluding hydrogens is 388 g/mol. The molecule has 0 aromatic heterocycles. The van der Waals surface area contributed by atoms with E-state index in [1.54, 1.807) is 21.3 Å². The van der Waals surface area contributed by atoms with E-state index in [0.29, 0.717) is 0 Å². The van der Waals surface area contributed by atoms with Gasteiger partial charge in [0.05, 0.1) is 27.4 Å². The van der Waals surface area contributed by atoms with Gasteiger partial charge < -0.3 is 24.8 Å². The van der Waals surface area contributed by atoms with E-state index >= 15 is 0 Å². The van der Waals surface area contributed by atoms with Crippen molar-refractivity contribution in [1.82, 2.24) is 5.32 Å². The number of benzene rings is 3. The van der Waals surface area contributed by atoms with Crippen LogP contribution >= 0.6 is 0 Å². The SMILES string of the molecule is COc1ccc([C@@H]2N[C@H](CNc3ccc(C)cc3)Cc3cc(OC)c(OC)cc32)cc1. The highest BCUT2D eigenvalue weighted by molar-refractivity contribution is 5.52. The van der Waals surface area contributed by atoms with Crippen molar-refractivity contribution >= 4 is 5.69 Å². The topological polar surface area (TPSA) is 51.8 Å². The summed E-state index contributed by atoms with van der Waals surface area (Å²) in [5.41, 5.74) is 6.07. The molecule has 0 saturated heterocycles. The van der Waals surface area contributed by atoms with Crippen molar-refractivity contribution in [2.45, 2.75) is 25.4 Å². The molecule has 0 spiro atoms. The lowest BCUT2D eigenvalue weighted by molar-refractivity contribution is 0.351. The molecule has 0 amide bonds. The van der Waals surface area contributed by atoms with Crippen molar-refractivity contribution in [2.24, 2.45) is 0 Å². The molecular formula is C26H30N2O3. The van der Waals surface area contributed by atoms with Gasteiger partial charge in [0.25, 0.3) is 0 Å². The van der Waals surface area contributed by atoms with Gasteiger partial charge >= 0.3 is 0 Å². The molecule has 2 atom stereocenters. The molecule has 1 aliphatic heterocycles. The molecule has 31 heavy (non-hydrogen) atoms. The summed E-state index contributed by atoms with van der Waals surface area (Å²) in [6.07, 6.45) is 0.904. The average Bonchev–Trinajstić information content (AvgIpc) is 2.82. The fraction of sp³-hybridized carbons (Fsp3) is 0.308. The van der Waals surface area contributed by atoms with Gasteiger partial charge in [0, 0.05) is 18.3 Å². The minimum absolute atomic E-state index is 0.0549. The molecule has 4 rings (SSSR count). The number of fused-ring (bicyclic) bond motifs is 1. The number of rotatable bonds is 7. The van der Waals surface area contributed by atoms with E-state index in [-0.39, 0.29) is 12.1 Å². The van der Waals surface area contributed by atoms with Crippen LogP contribution in [-0.2, 0) is 6.42 Å². The third-order valence-corrected chi connectivity index (χ3v) is 5.88. The maximum Gasteiger partial charge on any atom is 0.161 e. The first-order valence-electron chi connectivity index (χ1n) is 10.6. The van der Waals surface area contributed by atoms with Crippen LogP contribution in [0.4, 0.5) is 5.69 Å². The molecule has 0 fully saturated rings. The van der Waals surface area contributed by atoms with E-state index in [4.69, 9.17) is 14.2 Å². The van der Waals surface area contributed by atoms with Gasteiger partial charge in [-0.15, -0.1) is 0 Å². The number of methoxy groups -OCH3 is 3. The van der Waals surface area contributed by atoms with Crippen LogP contribution in [0.1, 0.15) is 28.3 Å². The van der Waals surface area contributed by atoms with Gasteiger partial charge in [-0.2, -0.15) is 0 Å². The molecule has 2 N–H and O–H groups in total. The normalized spacial score (nSPS) is 17.5. The second-order valence-electron chi connectivity index (χ2n) is 7.93. The van der Waals surface area contributed by atoms with Crippen LogP contribution in [0.2, 0.25) is 0 Å². The van der Waals surface area contributed by atoms with E-state index < -0.39 is 0 Å². The number of anilines is 1. The Morgan fingerprint density at radius 3 is 2.19 bits per heavy atom. The highest BCUT2D eigenvalue weighted by Crippen LogP contribution is 2.38. The summed E-state index contributed by atoms with van der Waals surface area (Å²) in [6.45, 7) is 2.92. The van der Waals surface area contributed by atoms with E-state index in [1.807, 2.05) is 12.1 Å². The molecule has 5 nitrogen and oxygen atoms in total. The molecule has 3 aromatic rings. The smallest absolute Gasteiger partial charge is 0.161 e. The fourth-order valence-corrected chi connectivity index (χ4v) is 4.15. The first kappa shape index (κ1) is 21.1. The lowest BCUT2D eigenvalue weighted by Gasteiger charge is -2.34. The predicted molar refractivity (Wildman–Crippen MR) is 125 cm³/mol. The second-order valence-corrected chi connectivity index (χ2v) is 7.93. The Balaban J connectivity index is 1.64. The van der Waals surface area contributed by atoms with Gasteiger partial charge in [0.15, 0.2) is 11.5 Å². The molecule has 0 radical (unpaired) electrons. The van der Waals surface area contributed by atoms with E-state index in [1.165, 1.54) is 22.3 Å². The van der Waals surface area contributed by atoms with Crippen molar-refractivity contribution < 1.29 is 14.2 Å². The van der Waals surface area contributed by atoms with Crippen molar-refractivity contribution in [1.29, 1.82) is 0 Å². The van der Waals surface area contributed by atoms with Crippen LogP contribution in [0.5, 0.6) is 17.2 Å². The molecule has 0 unspecified atom stereocenters. The Kier molecular flexibility index (Phi) is 6.33.